The number of rotatable bonds is 6. The molecule has 202 valence electrons. The zero-order valence-electron chi connectivity index (χ0n) is 21.2. The number of Topliss-reactive ketones (excluding diaryl/α,β-unsaturated/α-hetero) is 1. The third-order valence-electron chi connectivity index (χ3n) is 6.43. The number of nitrogens with one attached hydrogen (secondary N) is 2. The molecule has 13 heteroatoms. The van der Waals surface area contributed by atoms with Gasteiger partial charge in [-0.15, -0.1) is 4.40 Å². The summed E-state index contributed by atoms with van der Waals surface area (Å²) in [4.78, 5) is 26.8. The van der Waals surface area contributed by atoms with Gasteiger partial charge in [0.1, 0.15) is 21.6 Å². The molecule has 11 nitrogen and oxygen atoms in total. The van der Waals surface area contributed by atoms with Crippen LogP contribution in [0.4, 0.5) is 11.4 Å². The van der Waals surface area contributed by atoms with E-state index in [1.54, 1.807) is 18.2 Å². The number of ketones is 1. The maximum atomic E-state index is 14.1. The molecule has 1 heterocycles. The van der Waals surface area contributed by atoms with Gasteiger partial charge in [0.25, 0.3) is 10.0 Å². The summed E-state index contributed by atoms with van der Waals surface area (Å²) in [6, 6.07) is 10.0. The van der Waals surface area contributed by atoms with Crippen LogP contribution in [0.3, 0.4) is 0 Å². The molecule has 1 aliphatic carbocycles. The predicted octanol–water partition coefficient (Wildman–Crippen LogP) is 2.67. The number of amides is 1. The van der Waals surface area contributed by atoms with E-state index < -0.39 is 54.3 Å². The zero-order chi connectivity index (χ0) is 28.3. The molecule has 0 fully saturated rings. The van der Waals surface area contributed by atoms with Crippen molar-refractivity contribution in [2.45, 2.75) is 43.9 Å². The molecular formula is C25H28N4O7S2. The molecule has 5 N–H and O–H groups in total. The first-order valence-corrected chi connectivity index (χ1v) is 14.9. The molecule has 0 bridgehead atoms. The Morgan fingerprint density at radius 1 is 1.18 bits per heavy atom. The Bertz CT molecular complexity index is 1650. The monoisotopic (exact) mass is 560 g/mol. The number of anilines is 2. The van der Waals surface area contributed by atoms with Crippen LogP contribution in [0.15, 0.2) is 57.3 Å². The van der Waals surface area contributed by atoms with E-state index in [1.165, 1.54) is 18.2 Å². The lowest BCUT2D eigenvalue weighted by molar-refractivity contribution is -0.133. The van der Waals surface area contributed by atoms with Gasteiger partial charge in [-0.3, -0.25) is 14.3 Å². The molecular weight excluding hydrogens is 532 g/mol. The Hall–Kier alpha value is -3.71. The first kappa shape index (κ1) is 27.3. The molecule has 2 aromatic carbocycles. The van der Waals surface area contributed by atoms with Crippen LogP contribution in [0.1, 0.15) is 44.7 Å². The quantitative estimate of drug-likeness (QED) is 0.388. The number of carbonyl (C=O) groups is 2. The van der Waals surface area contributed by atoms with Crippen LogP contribution in [0.5, 0.6) is 0 Å². The highest BCUT2D eigenvalue weighted by Crippen LogP contribution is 2.45. The third-order valence-corrected chi connectivity index (χ3v) is 8.35. The number of nitrogens with zero attached hydrogens (tertiary/aromatic N) is 1. The fourth-order valence-corrected chi connectivity index (χ4v) is 6.29. The van der Waals surface area contributed by atoms with Crippen molar-refractivity contribution in [3.63, 3.8) is 0 Å². The van der Waals surface area contributed by atoms with E-state index in [0.717, 1.165) is 12.3 Å². The number of aliphatic hydroxyl groups excluding tert-OH is 1. The number of sulfonamides is 2. The number of hydrogen-bond acceptors (Lipinski definition) is 8. The molecule has 1 atom stereocenters. The number of amidine groups is 1. The molecule has 0 radical (unpaired) electrons. The number of fused-ring (bicyclic) bond motifs is 2. The minimum atomic E-state index is -4.46. The fraction of sp³-hybridized carbons (Fsp3) is 0.320. The first-order valence-electron chi connectivity index (χ1n) is 11.6. The van der Waals surface area contributed by atoms with Gasteiger partial charge in [-0.25, -0.2) is 8.42 Å². The van der Waals surface area contributed by atoms with Crippen LogP contribution in [-0.2, 0) is 35.1 Å². The molecule has 0 saturated carbocycles. The van der Waals surface area contributed by atoms with E-state index in [2.05, 4.69) is 14.4 Å². The number of primary amides is 1. The number of hydrogen-bond donors (Lipinski definition) is 4. The van der Waals surface area contributed by atoms with E-state index in [9.17, 15) is 31.5 Å². The van der Waals surface area contributed by atoms with Crippen LogP contribution in [0.2, 0.25) is 0 Å². The topological polar surface area (TPSA) is 185 Å². The van der Waals surface area contributed by atoms with Crippen molar-refractivity contribution in [3.05, 3.63) is 59.2 Å². The SMILES string of the molecule is CC(C)(C)CC[C@@]1(C(N)=O)C(=O)C(C2=NS(=O)(=O)c3cc(NS(C)(=O)=O)ccc3N2)=C(O)c2ccccc21. The molecule has 0 unspecified atom stereocenters. The Morgan fingerprint density at radius 2 is 1.84 bits per heavy atom. The van der Waals surface area contributed by atoms with Crippen molar-refractivity contribution in [1.82, 2.24) is 0 Å². The number of carbonyl (C=O) groups excluding carboxylic acids is 2. The van der Waals surface area contributed by atoms with Crippen molar-refractivity contribution in [3.8, 4) is 0 Å². The van der Waals surface area contributed by atoms with Gasteiger partial charge in [-0.1, -0.05) is 45.0 Å². The Kier molecular flexibility index (Phi) is 6.43. The van der Waals surface area contributed by atoms with Gasteiger partial charge in [-0.05, 0) is 42.0 Å². The zero-order valence-corrected chi connectivity index (χ0v) is 22.8. The smallest absolute Gasteiger partial charge is 0.286 e. The molecule has 38 heavy (non-hydrogen) atoms. The van der Waals surface area contributed by atoms with E-state index in [4.69, 9.17) is 5.73 Å². The van der Waals surface area contributed by atoms with Crippen molar-refractivity contribution < 1.29 is 31.5 Å². The maximum Gasteiger partial charge on any atom is 0.286 e. The normalized spacial score (nSPS) is 20.6. The Labute approximate surface area is 221 Å². The van der Waals surface area contributed by atoms with Gasteiger partial charge in [0.05, 0.1) is 11.9 Å². The fourth-order valence-electron chi connectivity index (χ4n) is 4.58. The average Bonchev–Trinajstić information content (AvgIpc) is 2.77. The van der Waals surface area contributed by atoms with E-state index in [1.807, 2.05) is 20.8 Å². The standard InChI is InChI=1S/C25H28N4O7S2/c1-24(2,3)11-12-25(23(26)32)16-8-6-5-7-15(16)20(30)19(21(25)31)22-27-17-10-9-14(28-37(4,33)34)13-18(17)38(35,36)29-22/h5-10,13,28,30H,11-12H2,1-4H3,(H2,26,32)(H,27,29)/t25-/m0/s1. The van der Waals surface area contributed by atoms with Gasteiger partial charge in [0.2, 0.25) is 15.9 Å². The van der Waals surface area contributed by atoms with Crippen molar-refractivity contribution in [1.29, 1.82) is 0 Å². The molecule has 2 aromatic rings. The molecule has 1 amide bonds. The molecule has 0 saturated heterocycles. The number of benzene rings is 2. The lowest BCUT2D eigenvalue weighted by Gasteiger charge is -2.38. The largest absolute Gasteiger partial charge is 0.506 e. The Balaban J connectivity index is 1.90. The summed E-state index contributed by atoms with van der Waals surface area (Å²) in [5.74, 6) is -2.82. The molecule has 1 aliphatic heterocycles. The second-order valence-electron chi connectivity index (χ2n) is 10.6. The minimum Gasteiger partial charge on any atom is -0.506 e. The van der Waals surface area contributed by atoms with Gasteiger partial charge < -0.3 is 16.2 Å². The van der Waals surface area contributed by atoms with Crippen molar-refractivity contribution >= 4 is 54.7 Å². The summed E-state index contributed by atoms with van der Waals surface area (Å²) in [5.41, 5.74) is 3.63. The van der Waals surface area contributed by atoms with E-state index >= 15 is 0 Å². The first-order chi connectivity index (χ1) is 17.5. The minimum absolute atomic E-state index is 0.000348. The summed E-state index contributed by atoms with van der Waals surface area (Å²) in [5, 5.41) is 13.9. The highest BCUT2D eigenvalue weighted by molar-refractivity contribution is 7.92. The van der Waals surface area contributed by atoms with Crippen LogP contribution >= 0.6 is 0 Å². The molecule has 4 rings (SSSR count). The van der Waals surface area contributed by atoms with Crippen molar-refractivity contribution in [2.75, 3.05) is 16.3 Å². The van der Waals surface area contributed by atoms with Crippen LogP contribution in [0, 0.1) is 5.41 Å². The second kappa shape index (κ2) is 8.95. The van der Waals surface area contributed by atoms with Crippen LogP contribution in [0.25, 0.3) is 5.76 Å². The van der Waals surface area contributed by atoms with Gasteiger partial charge in [0.15, 0.2) is 11.6 Å². The maximum absolute atomic E-state index is 14.1. The van der Waals surface area contributed by atoms with E-state index in [-0.39, 0.29) is 39.2 Å². The predicted molar refractivity (Wildman–Crippen MR) is 144 cm³/mol. The molecule has 2 aliphatic rings. The lowest BCUT2D eigenvalue weighted by Crippen LogP contribution is -2.53. The Morgan fingerprint density at radius 3 is 2.45 bits per heavy atom. The van der Waals surface area contributed by atoms with Crippen LogP contribution < -0.4 is 15.8 Å². The van der Waals surface area contributed by atoms with Gasteiger partial charge in [0, 0.05) is 11.3 Å². The summed E-state index contributed by atoms with van der Waals surface area (Å²) in [7, 11) is -8.14. The summed E-state index contributed by atoms with van der Waals surface area (Å²) >= 11 is 0. The second-order valence-corrected chi connectivity index (χ2v) is 13.9. The van der Waals surface area contributed by atoms with Gasteiger partial charge >= 0.3 is 0 Å². The summed E-state index contributed by atoms with van der Waals surface area (Å²) < 4.78 is 55.4. The highest BCUT2D eigenvalue weighted by atomic mass is 32.2. The van der Waals surface area contributed by atoms with Crippen molar-refractivity contribution in [2.24, 2.45) is 15.5 Å². The van der Waals surface area contributed by atoms with Gasteiger partial charge in [-0.2, -0.15) is 8.42 Å². The van der Waals surface area contributed by atoms with E-state index in [0.29, 0.717) is 6.42 Å². The summed E-state index contributed by atoms with van der Waals surface area (Å²) in [6.07, 6.45) is 1.36. The number of nitrogens with two attached hydrogens (primary N) is 1. The lowest BCUT2D eigenvalue weighted by atomic mass is 9.64. The molecule has 0 spiro atoms. The van der Waals surface area contributed by atoms with Crippen LogP contribution in [-0.4, -0.2) is 45.7 Å². The third kappa shape index (κ3) is 4.78. The molecule has 0 aromatic heterocycles. The summed E-state index contributed by atoms with van der Waals surface area (Å²) in [6.45, 7) is 5.83. The average molecular weight is 561 g/mol. The number of aliphatic hydroxyl groups is 1. The highest BCUT2D eigenvalue weighted by Gasteiger charge is 2.53.